The standard InChI is InChI=1S/C81H136O17P2/c1-5-9-13-17-21-25-29-33-35-36-37-38-40-43-46-50-54-58-62-66-79(84)92-72-77(98-81(86)68-64-60-56-52-48-44-39-34-30-26-22-18-14-10-6-2)74-96-100(89,90)94-70-75(82)69-93-99(87,88)95-73-76(97-80(85)67-63-59-55-51-47-42-32-28-24-20-16-12-8-4)71-91-78(83)65-61-57-53-49-45-41-31-27-23-19-15-11-7-3/h9-10,13-16,19-22,25-28,31-35,37-39,75-77,82H,5-8,11-12,17-18,23-24,29-30,36,40-74H2,1-4H3,(H,87,88)(H,89,90)/b13-9-,14-10-,19-15-,20-16-,25-21-,26-22-,31-27-,32-28-,35-33-,38-37-,39-34-. The van der Waals surface area contributed by atoms with E-state index in [4.69, 9.17) is 37.0 Å². The Kier molecular flexibility index (Phi) is 69.1. The van der Waals surface area contributed by atoms with Gasteiger partial charge in [-0.3, -0.25) is 37.3 Å². The molecule has 0 fully saturated rings. The molecule has 0 amide bonds. The van der Waals surface area contributed by atoms with Crippen LogP contribution in [0, 0.1) is 0 Å². The summed E-state index contributed by atoms with van der Waals surface area (Å²) in [7, 11) is -9.97. The largest absolute Gasteiger partial charge is 0.472 e. The third-order valence-corrected chi connectivity index (χ3v) is 17.4. The molecule has 100 heavy (non-hydrogen) atoms. The smallest absolute Gasteiger partial charge is 0.462 e. The van der Waals surface area contributed by atoms with Crippen LogP contribution in [0.3, 0.4) is 0 Å². The van der Waals surface area contributed by atoms with Crippen LogP contribution < -0.4 is 0 Å². The Morgan fingerprint density at radius 2 is 0.520 bits per heavy atom. The molecule has 19 heteroatoms. The number of aliphatic hydroxyl groups is 1. The molecular formula is C81H136O17P2. The van der Waals surface area contributed by atoms with E-state index < -0.39 is 97.5 Å². The molecule has 0 radical (unpaired) electrons. The lowest BCUT2D eigenvalue weighted by molar-refractivity contribution is -0.161. The molecule has 0 aliphatic heterocycles. The molecule has 0 saturated carbocycles. The molecule has 5 unspecified atom stereocenters. The molecule has 0 bridgehead atoms. The summed E-state index contributed by atoms with van der Waals surface area (Å²) >= 11 is 0. The van der Waals surface area contributed by atoms with Gasteiger partial charge in [-0.1, -0.05) is 258 Å². The molecule has 5 atom stereocenters. The third kappa shape index (κ3) is 71.6. The van der Waals surface area contributed by atoms with E-state index >= 15 is 0 Å². The Hall–Kier alpha value is -4.80. The number of ether oxygens (including phenoxy) is 4. The molecule has 0 spiro atoms. The summed E-state index contributed by atoms with van der Waals surface area (Å²) in [6.45, 7) is 4.45. The molecule has 0 saturated heterocycles. The number of carbonyl (C=O) groups excluding carboxylic acids is 4. The fourth-order valence-electron chi connectivity index (χ4n) is 9.77. The molecule has 0 rings (SSSR count). The minimum absolute atomic E-state index is 0.0683. The molecule has 0 aromatic rings. The second kappa shape index (κ2) is 72.5. The maximum atomic E-state index is 13.1. The van der Waals surface area contributed by atoms with Crippen molar-refractivity contribution in [1.82, 2.24) is 0 Å². The van der Waals surface area contributed by atoms with Crippen LogP contribution >= 0.6 is 15.6 Å². The fraction of sp³-hybridized carbons (Fsp3) is 0.679. The summed E-state index contributed by atoms with van der Waals surface area (Å²) in [5.74, 6) is -2.24. The van der Waals surface area contributed by atoms with E-state index in [9.17, 15) is 43.2 Å². The van der Waals surface area contributed by atoms with Crippen LogP contribution in [0.5, 0.6) is 0 Å². The monoisotopic (exact) mass is 1440 g/mol. The fourth-order valence-corrected chi connectivity index (χ4v) is 11.4. The summed E-state index contributed by atoms with van der Waals surface area (Å²) in [6, 6.07) is 0. The van der Waals surface area contributed by atoms with Crippen molar-refractivity contribution < 1.29 is 80.2 Å². The third-order valence-electron chi connectivity index (χ3n) is 15.5. The summed E-state index contributed by atoms with van der Waals surface area (Å²) < 4.78 is 68.5. The van der Waals surface area contributed by atoms with Crippen molar-refractivity contribution in [1.29, 1.82) is 0 Å². The highest BCUT2D eigenvalue weighted by Crippen LogP contribution is 2.45. The van der Waals surface area contributed by atoms with Crippen LogP contribution in [0.25, 0.3) is 0 Å². The van der Waals surface area contributed by atoms with E-state index in [-0.39, 0.29) is 25.7 Å². The van der Waals surface area contributed by atoms with Crippen molar-refractivity contribution in [2.24, 2.45) is 0 Å². The molecule has 3 N–H and O–H groups in total. The van der Waals surface area contributed by atoms with Crippen molar-refractivity contribution >= 4 is 39.5 Å². The van der Waals surface area contributed by atoms with E-state index in [0.717, 1.165) is 218 Å². The number of allylic oxidation sites excluding steroid dienone is 22. The van der Waals surface area contributed by atoms with Crippen LogP contribution in [0.4, 0.5) is 0 Å². The number of carbonyl (C=O) groups is 4. The van der Waals surface area contributed by atoms with Crippen LogP contribution in [0.1, 0.15) is 297 Å². The molecule has 0 aliphatic rings. The molecule has 0 aliphatic carbocycles. The summed E-state index contributed by atoms with van der Waals surface area (Å²) in [4.78, 5) is 72.9. The lowest BCUT2D eigenvalue weighted by atomic mass is 10.1. The van der Waals surface area contributed by atoms with E-state index in [0.29, 0.717) is 25.7 Å². The first-order valence-electron chi connectivity index (χ1n) is 38.4. The first kappa shape index (κ1) is 95.2. The summed E-state index contributed by atoms with van der Waals surface area (Å²) in [5.41, 5.74) is 0. The van der Waals surface area contributed by atoms with Gasteiger partial charge in [0.1, 0.15) is 19.3 Å². The van der Waals surface area contributed by atoms with E-state index in [1.54, 1.807) is 0 Å². The normalized spacial score (nSPS) is 14.7. The summed E-state index contributed by atoms with van der Waals surface area (Å²) in [5, 5.41) is 10.6. The SMILES string of the molecule is CC/C=C\C/C=C\C/C=C\C/C=C\CCCCCCCCC(=O)OCC(COP(=O)(O)OCC(O)COP(=O)(O)OCC(COC(=O)CCCCCCC/C=C\C/C=C\CCC)OC(=O)CCCCCCC/C=C\C/C=C\CCC)OC(=O)CCCCCCC/C=C\C/C=C\C/C=C\CC. The van der Waals surface area contributed by atoms with Gasteiger partial charge in [-0.05, 0) is 148 Å². The van der Waals surface area contributed by atoms with Gasteiger partial charge in [0.05, 0.1) is 26.4 Å². The number of hydrogen-bond acceptors (Lipinski definition) is 15. The Morgan fingerprint density at radius 1 is 0.290 bits per heavy atom. The van der Waals surface area contributed by atoms with Gasteiger partial charge in [0.25, 0.3) is 0 Å². The number of rotatable bonds is 71. The number of unbranched alkanes of at least 4 members (excludes halogenated alkanes) is 23. The van der Waals surface area contributed by atoms with Crippen molar-refractivity contribution in [3.63, 3.8) is 0 Å². The Bertz CT molecular complexity index is 2420. The van der Waals surface area contributed by atoms with Gasteiger partial charge in [-0.15, -0.1) is 0 Å². The average molecular weight is 1440 g/mol. The van der Waals surface area contributed by atoms with E-state index in [1.807, 2.05) is 0 Å². The van der Waals surface area contributed by atoms with Gasteiger partial charge in [-0.2, -0.15) is 0 Å². The predicted octanol–water partition coefficient (Wildman–Crippen LogP) is 22.1. The van der Waals surface area contributed by atoms with Gasteiger partial charge in [0.15, 0.2) is 12.2 Å². The van der Waals surface area contributed by atoms with Crippen LogP contribution in [0.2, 0.25) is 0 Å². The molecule has 0 heterocycles. The van der Waals surface area contributed by atoms with Gasteiger partial charge in [-0.25, -0.2) is 9.13 Å². The van der Waals surface area contributed by atoms with Crippen LogP contribution in [0.15, 0.2) is 134 Å². The number of esters is 4. The summed E-state index contributed by atoms with van der Waals surface area (Å²) in [6.07, 6.45) is 80.1. The van der Waals surface area contributed by atoms with E-state index in [2.05, 4.69) is 161 Å². The lowest BCUT2D eigenvalue weighted by Crippen LogP contribution is -2.30. The first-order valence-corrected chi connectivity index (χ1v) is 41.4. The Balaban J connectivity index is 5.38. The quantitative estimate of drug-likeness (QED) is 0.0169. The van der Waals surface area contributed by atoms with Gasteiger partial charge >= 0.3 is 39.5 Å². The van der Waals surface area contributed by atoms with Gasteiger partial charge in [0.2, 0.25) is 0 Å². The van der Waals surface area contributed by atoms with Crippen molar-refractivity contribution in [2.75, 3.05) is 39.6 Å². The van der Waals surface area contributed by atoms with Crippen molar-refractivity contribution in [2.45, 2.75) is 316 Å². The molecule has 572 valence electrons. The van der Waals surface area contributed by atoms with Gasteiger partial charge in [0, 0.05) is 25.7 Å². The second-order valence-electron chi connectivity index (χ2n) is 25.2. The topological polar surface area (TPSA) is 237 Å². The van der Waals surface area contributed by atoms with Gasteiger partial charge < -0.3 is 33.8 Å². The maximum absolute atomic E-state index is 13.1. The number of aliphatic hydroxyl groups excluding tert-OH is 1. The number of phosphoric acid groups is 2. The van der Waals surface area contributed by atoms with Crippen molar-refractivity contribution in [3.05, 3.63) is 134 Å². The zero-order valence-corrected chi connectivity index (χ0v) is 64.1. The highest BCUT2D eigenvalue weighted by molar-refractivity contribution is 7.47. The molecule has 0 aromatic carbocycles. The zero-order valence-electron chi connectivity index (χ0n) is 62.3. The minimum Gasteiger partial charge on any atom is -0.462 e. The van der Waals surface area contributed by atoms with Crippen molar-refractivity contribution in [3.8, 4) is 0 Å². The molecule has 0 aromatic heterocycles. The molecule has 17 nitrogen and oxygen atoms in total. The van der Waals surface area contributed by atoms with Crippen LogP contribution in [-0.4, -0.2) is 96.7 Å². The number of hydrogen-bond donors (Lipinski definition) is 3. The Labute approximate surface area is 605 Å². The predicted molar refractivity (Wildman–Crippen MR) is 408 cm³/mol. The molecular weight excluding hydrogens is 1310 g/mol. The first-order chi connectivity index (χ1) is 48.7. The minimum atomic E-state index is -4.99. The highest BCUT2D eigenvalue weighted by Gasteiger charge is 2.30. The van der Waals surface area contributed by atoms with Crippen LogP contribution in [-0.2, 0) is 65.4 Å². The van der Waals surface area contributed by atoms with E-state index in [1.165, 1.54) is 0 Å². The average Bonchev–Trinajstić information content (AvgIpc) is 0.946. The highest BCUT2D eigenvalue weighted by atomic mass is 31.2. The number of phosphoric ester groups is 2. The Morgan fingerprint density at radius 3 is 0.800 bits per heavy atom. The lowest BCUT2D eigenvalue weighted by Gasteiger charge is -2.21. The second-order valence-corrected chi connectivity index (χ2v) is 28.1. The zero-order chi connectivity index (χ0) is 73.2. The maximum Gasteiger partial charge on any atom is 0.472 e.